The molecule has 0 saturated heterocycles. The Labute approximate surface area is 99.3 Å². The zero-order valence-corrected chi connectivity index (χ0v) is 10.9. The summed E-state index contributed by atoms with van der Waals surface area (Å²) in [5.41, 5.74) is 0. The summed E-state index contributed by atoms with van der Waals surface area (Å²) in [6.45, 7) is 2.96. The lowest BCUT2D eigenvalue weighted by Crippen LogP contribution is -2.28. The molecule has 0 radical (unpaired) electrons. The van der Waals surface area contributed by atoms with Gasteiger partial charge in [0.05, 0.1) is 0 Å². The normalized spacial score (nSPS) is 10.2. The van der Waals surface area contributed by atoms with Crippen molar-refractivity contribution in [2.45, 2.75) is 19.9 Å². The molecule has 14 heavy (non-hydrogen) atoms. The van der Waals surface area contributed by atoms with Crippen LogP contribution in [0.1, 0.15) is 13.3 Å². The number of nitrogens with one attached hydrogen (secondary N) is 1. The maximum absolute atomic E-state index is 11.3. The Balaban J connectivity index is 2.51. The van der Waals surface area contributed by atoms with Crippen LogP contribution < -0.4 is 5.32 Å². The Morgan fingerprint density at radius 3 is 2.86 bits per heavy atom. The van der Waals surface area contributed by atoms with Crippen molar-refractivity contribution >= 4 is 37.8 Å². The lowest BCUT2D eigenvalue weighted by molar-refractivity contribution is -0.121. The van der Waals surface area contributed by atoms with E-state index in [9.17, 15) is 4.79 Å². The second-order valence-corrected chi connectivity index (χ2v) is 4.42. The van der Waals surface area contributed by atoms with Gasteiger partial charge in [-0.15, -0.1) is 0 Å². The molecule has 1 amide bonds. The molecule has 1 aromatic rings. The molecule has 1 N–H and O–H groups in total. The first-order chi connectivity index (χ1) is 6.63. The Kier molecular flexibility index (Phi) is 4.60. The summed E-state index contributed by atoms with van der Waals surface area (Å²) in [6, 6.07) is 1.80. The number of hydrogen-bond acceptors (Lipinski definition) is 2. The van der Waals surface area contributed by atoms with Crippen LogP contribution in [-0.2, 0) is 11.3 Å². The van der Waals surface area contributed by atoms with E-state index in [2.05, 4.69) is 42.3 Å². The van der Waals surface area contributed by atoms with E-state index in [0.29, 0.717) is 11.1 Å². The highest BCUT2D eigenvalue weighted by Crippen LogP contribution is 2.15. The van der Waals surface area contributed by atoms with Gasteiger partial charge in [0.25, 0.3) is 0 Å². The van der Waals surface area contributed by atoms with Gasteiger partial charge >= 0.3 is 0 Å². The smallest absolute Gasteiger partial charge is 0.241 e. The van der Waals surface area contributed by atoms with Gasteiger partial charge in [-0.3, -0.25) is 4.79 Å². The number of aromatic nitrogens is 2. The van der Waals surface area contributed by atoms with Crippen molar-refractivity contribution < 1.29 is 4.79 Å². The van der Waals surface area contributed by atoms with Crippen molar-refractivity contribution in [2.75, 3.05) is 6.54 Å². The third-order valence-corrected chi connectivity index (χ3v) is 2.59. The van der Waals surface area contributed by atoms with Crippen LogP contribution in [0.5, 0.6) is 0 Å². The highest BCUT2D eigenvalue weighted by molar-refractivity contribution is 9.11. The predicted molar refractivity (Wildman–Crippen MR) is 60.9 cm³/mol. The molecule has 78 valence electrons. The van der Waals surface area contributed by atoms with Gasteiger partial charge in [0.2, 0.25) is 5.91 Å². The minimum absolute atomic E-state index is 0.0249. The summed E-state index contributed by atoms with van der Waals surface area (Å²) in [4.78, 5) is 11.3. The maximum atomic E-state index is 11.3. The van der Waals surface area contributed by atoms with E-state index in [0.717, 1.165) is 11.0 Å². The zero-order valence-electron chi connectivity index (χ0n) is 7.76. The predicted octanol–water partition coefficient (Wildman–Crippen LogP) is 1.93. The summed E-state index contributed by atoms with van der Waals surface area (Å²) < 4.78 is 3.10. The largest absolute Gasteiger partial charge is 0.355 e. The Morgan fingerprint density at radius 2 is 2.36 bits per heavy atom. The van der Waals surface area contributed by atoms with E-state index in [4.69, 9.17) is 0 Å². The van der Waals surface area contributed by atoms with Gasteiger partial charge in [0.15, 0.2) is 0 Å². The summed E-state index contributed by atoms with van der Waals surface area (Å²) in [5, 5.41) is 6.87. The molecule has 4 nitrogen and oxygen atoms in total. The van der Waals surface area contributed by atoms with E-state index in [1.54, 1.807) is 10.7 Å². The number of nitrogens with zero attached hydrogens (tertiary/aromatic N) is 2. The highest BCUT2D eigenvalue weighted by Gasteiger charge is 2.07. The molecule has 0 bridgehead atoms. The first kappa shape index (κ1) is 11.7. The molecule has 1 aromatic heterocycles. The fourth-order valence-electron chi connectivity index (χ4n) is 0.932. The van der Waals surface area contributed by atoms with Gasteiger partial charge in [-0.05, 0) is 38.3 Å². The van der Waals surface area contributed by atoms with Gasteiger partial charge in [-0.25, -0.2) is 4.68 Å². The van der Waals surface area contributed by atoms with Gasteiger partial charge in [0.1, 0.15) is 15.8 Å². The van der Waals surface area contributed by atoms with Crippen LogP contribution in [-0.4, -0.2) is 22.2 Å². The molecule has 0 unspecified atom stereocenters. The average Bonchev–Trinajstić information content (AvgIpc) is 2.42. The van der Waals surface area contributed by atoms with Crippen molar-refractivity contribution in [1.29, 1.82) is 0 Å². The van der Waals surface area contributed by atoms with Crippen LogP contribution in [0.2, 0.25) is 0 Å². The van der Waals surface area contributed by atoms with Gasteiger partial charge < -0.3 is 5.32 Å². The topological polar surface area (TPSA) is 46.9 Å². The van der Waals surface area contributed by atoms with Crippen LogP contribution in [0.15, 0.2) is 15.3 Å². The summed E-state index contributed by atoms with van der Waals surface area (Å²) in [5.74, 6) is -0.0249. The standard InChI is InChI=1S/C8H11Br2N3O/c1-2-3-11-8(14)5-13-7(10)4-6(9)12-13/h4H,2-3,5H2,1H3,(H,11,14). The second kappa shape index (κ2) is 5.50. The average molecular weight is 325 g/mol. The molecule has 1 rings (SSSR count). The second-order valence-electron chi connectivity index (χ2n) is 2.80. The van der Waals surface area contributed by atoms with Crippen molar-refractivity contribution in [1.82, 2.24) is 15.1 Å². The Morgan fingerprint density at radius 1 is 1.64 bits per heavy atom. The maximum Gasteiger partial charge on any atom is 0.241 e. The van der Waals surface area contributed by atoms with Crippen LogP contribution in [0.3, 0.4) is 0 Å². The first-order valence-corrected chi connectivity index (χ1v) is 5.87. The molecule has 0 atom stereocenters. The summed E-state index contributed by atoms with van der Waals surface area (Å²) in [6.07, 6.45) is 0.940. The lowest BCUT2D eigenvalue weighted by atomic mass is 10.4. The SMILES string of the molecule is CCCNC(=O)Cn1nc(Br)cc1Br. The molecule has 0 aliphatic carbocycles. The molecule has 0 saturated carbocycles. The van der Waals surface area contributed by atoms with Crippen molar-refractivity contribution in [3.05, 3.63) is 15.3 Å². The Bertz CT molecular complexity index is 324. The fraction of sp³-hybridized carbons (Fsp3) is 0.500. The molecule has 1 heterocycles. The summed E-state index contributed by atoms with van der Waals surface area (Å²) in [7, 11) is 0. The van der Waals surface area contributed by atoms with E-state index < -0.39 is 0 Å². The van der Waals surface area contributed by atoms with Crippen LogP contribution in [0.4, 0.5) is 0 Å². The molecular weight excluding hydrogens is 314 g/mol. The van der Waals surface area contributed by atoms with E-state index in [-0.39, 0.29) is 12.5 Å². The molecule has 0 spiro atoms. The third kappa shape index (κ3) is 3.42. The van der Waals surface area contributed by atoms with Gasteiger partial charge in [-0.1, -0.05) is 6.92 Å². The van der Waals surface area contributed by atoms with Crippen molar-refractivity contribution in [3.8, 4) is 0 Å². The molecular formula is C8H11Br2N3O. The molecule has 0 aliphatic rings. The van der Waals surface area contributed by atoms with Gasteiger partial charge in [0, 0.05) is 12.6 Å². The fourth-order valence-corrected chi connectivity index (χ4v) is 2.07. The Hall–Kier alpha value is -0.360. The number of halogens is 2. The van der Waals surface area contributed by atoms with Crippen molar-refractivity contribution in [2.24, 2.45) is 0 Å². The number of carbonyl (C=O) groups excluding carboxylic acids is 1. The highest BCUT2D eigenvalue weighted by atomic mass is 79.9. The van der Waals surface area contributed by atoms with Crippen LogP contribution >= 0.6 is 31.9 Å². The first-order valence-electron chi connectivity index (χ1n) is 4.29. The van der Waals surface area contributed by atoms with Crippen molar-refractivity contribution in [3.63, 3.8) is 0 Å². The quantitative estimate of drug-likeness (QED) is 0.920. The number of amides is 1. The molecule has 0 aromatic carbocycles. The number of carbonyl (C=O) groups is 1. The van der Waals surface area contributed by atoms with Gasteiger partial charge in [-0.2, -0.15) is 5.10 Å². The third-order valence-electron chi connectivity index (χ3n) is 1.57. The monoisotopic (exact) mass is 323 g/mol. The minimum Gasteiger partial charge on any atom is -0.355 e. The molecule has 0 fully saturated rings. The lowest BCUT2D eigenvalue weighted by Gasteiger charge is -2.04. The van der Waals surface area contributed by atoms with E-state index in [1.165, 1.54) is 0 Å². The van der Waals surface area contributed by atoms with E-state index in [1.807, 2.05) is 6.92 Å². The van der Waals surface area contributed by atoms with Crippen LogP contribution in [0, 0.1) is 0 Å². The summed E-state index contributed by atoms with van der Waals surface area (Å²) >= 11 is 6.54. The molecule has 6 heteroatoms. The van der Waals surface area contributed by atoms with Crippen LogP contribution in [0.25, 0.3) is 0 Å². The molecule has 0 aliphatic heterocycles. The number of hydrogen-bond donors (Lipinski definition) is 1. The minimum atomic E-state index is -0.0249. The number of rotatable bonds is 4. The van der Waals surface area contributed by atoms with E-state index >= 15 is 0 Å². The zero-order chi connectivity index (χ0) is 10.6.